The van der Waals surface area contributed by atoms with Gasteiger partial charge in [0.1, 0.15) is 12.2 Å². The first kappa shape index (κ1) is 40.2. The van der Waals surface area contributed by atoms with E-state index in [2.05, 4.69) is 11.3 Å². The number of carbonyl (C=O) groups is 4. The molecule has 13 heteroatoms. The molecule has 304 valence electrons. The second-order valence-electron chi connectivity index (χ2n) is 18.1. The number of amides is 2. The number of fused-ring (bicyclic) bond motifs is 5. The van der Waals surface area contributed by atoms with Crippen molar-refractivity contribution in [1.82, 2.24) is 14.2 Å². The molecule has 56 heavy (non-hydrogen) atoms. The van der Waals surface area contributed by atoms with Crippen LogP contribution in [-0.4, -0.2) is 71.5 Å². The van der Waals surface area contributed by atoms with E-state index >= 15 is 0 Å². The van der Waals surface area contributed by atoms with Gasteiger partial charge in [-0.3, -0.25) is 33.3 Å². The number of rotatable bonds is 7. The summed E-state index contributed by atoms with van der Waals surface area (Å²) in [5, 5.41) is 0.682. The molecule has 12 nitrogen and oxygen atoms in total. The third-order valence-corrected chi connectivity index (χ3v) is 14.9. The second kappa shape index (κ2) is 15.7. The highest BCUT2D eigenvalue weighted by atomic mass is 32.2. The normalized spacial score (nSPS) is 30.5. The number of carbonyl (C=O) groups excluding carboxylic acids is 4. The Labute approximate surface area is 329 Å². The van der Waals surface area contributed by atoms with Crippen LogP contribution in [-0.2, 0) is 40.5 Å². The molecule has 2 bridgehead atoms. The predicted octanol–water partition coefficient (Wildman–Crippen LogP) is 5.84. The maximum atomic E-state index is 14.8. The highest BCUT2D eigenvalue weighted by molar-refractivity contribution is 7.90. The van der Waals surface area contributed by atoms with E-state index in [0.29, 0.717) is 30.7 Å². The summed E-state index contributed by atoms with van der Waals surface area (Å²) in [4.78, 5) is 72.1. The summed E-state index contributed by atoms with van der Waals surface area (Å²) in [7, 11) is -3.86. The van der Waals surface area contributed by atoms with Crippen LogP contribution in [0.4, 0.5) is 0 Å². The van der Waals surface area contributed by atoms with Gasteiger partial charge in [-0.05, 0) is 80.1 Å². The number of nitrogens with zero attached hydrogens (tertiary/aromatic N) is 2. The highest BCUT2D eigenvalue weighted by Crippen LogP contribution is 2.57. The van der Waals surface area contributed by atoms with Crippen molar-refractivity contribution in [3.8, 4) is 5.88 Å². The van der Waals surface area contributed by atoms with Crippen molar-refractivity contribution in [3.63, 3.8) is 0 Å². The molecule has 0 radical (unpaired) electrons. The number of nitrogens with one attached hydrogen (secondary N) is 1. The van der Waals surface area contributed by atoms with Crippen molar-refractivity contribution in [1.29, 1.82) is 0 Å². The molecule has 7 atom stereocenters. The number of ether oxygens (including phenoxy) is 2. The lowest BCUT2D eigenvalue weighted by atomic mass is 9.77. The van der Waals surface area contributed by atoms with Crippen LogP contribution in [0, 0.1) is 28.6 Å². The molecule has 1 aromatic carbocycles. The maximum absolute atomic E-state index is 14.8. The Hall–Kier alpha value is -4.00. The number of benzene rings is 1. The van der Waals surface area contributed by atoms with Gasteiger partial charge in [-0.1, -0.05) is 64.3 Å². The number of hydrogen-bond acceptors (Lipinski definition) is 9. The van der Waals surface area contributed by atoms with Crippen molar-refractivity contribution in [2.45, 2.75) is 141 Å². The Morgan fingerprint density at radius 2 is 1.71 bits per heavy atom. The number of hydrogen-bond donors (Lipinski definition) is 1. The van der Waals surface area contributed by atoms with E-state index in [0.717, 1.165) is 56.8 Å². The van der Waals surface area contributed by atoms with Gasteiger partial charge in [0.05, 0.1) is 35.6 Å². The smallest absolute Gasteiger partial charge is 0.306 e. The largest absolute Gasteiger partial charge is 0.473 e. The summed E-state index contributed by atoms with van der Waals surface area (Å²) >= 11 is 0. The fourth-order valence-corrected chi connectivity index (χ4v) is 10.7. The molecule has 3 aliphatic carbocycles. The van der Waals surface area contributed by atoms with E-state index in [4.69, 9.17) is 9.47 Å². The van der Waals surface area contributed by atoms with E-state index < -0.39 is 67.7 Å². The first-order valence-electron chi connectivity index (χ1n) is 20.6. The first-order chi connectivity index (χ1) is 26.6. The van der Waals surface area contributed by atoms with Crippen LogP contribution in [0.2, 0.25) is 0 Å². The summed E-state index contributed by atoms with van der Waals surface area (Å²) in [6.45, 7) is 9.98. The van der Waals surface area contributed by atoms with Crippen molar-refractivity contribution < 1.29 is 37.1 Å². The first-order valence-corrected chi connectivity index (χ1v) is 22.2. The molecule has 2 amide bonds. The van der Waals surface area contributed by atoms with Crippen LogP contribution >= 0.6 is 0 Å². The average molecular weight is 792 g/mol. The number of aromatic nitrogens is 1. The van der Waals surface area contributed by atoms with E-state index in [1.807, 2.05) is 45.0 Å². The van der Waals surface area contributed by atoms with Crippen LogP contribution in [0.3, 0.4) is 0 Å². The van der Waals surface area contributed by atoms with Crippen LogP contribution in [0.1, 0.15) is 111 Å². The molecule has 5 aliphatic rings. The van der Waals surface area contributed by atoms with E-state index in [9.17, 15) is 32.4 Å². The third-order valence-electron chi connectivity index (χ3n) is 13.0. The topological polar surface area (TPSA) is 158 Å². The van der Waals surface area contributed by atoms with Gasteiger partial charge in [0, 0.05) is 30.8 Å². The lowest BCUT2D eigenvalue weighted by Gasteiger charge is -2.35. The monoisotopic (exact) mass is 791 g/mol. The van der Waals surface area contributed by atoms with Gasteiger partial charge in [0.15, 0.2) is 11.7 Å². The summed E-state index contributed by atoms with van der Waals surface area (Å²) in [5.74, 6) is -2.54. The fourth-order valence-electron chi connectivity index (χ4n) is 9.36. The number of allylic oxidation sites excluding steroid dienone is 1. The summed E-state index contributed by atoms with van der Waals surface area (Å²) < 4.78 is 42.3. The zero-order chi connectivity index (χ0) is 40.0. The number of Topliss-reactive ketones (excluding diaryl/α,β-unsaturated/α-hetero) is 1. The van der Waals surface area contributed by atoms with Crippen LogP contribution in [0.15, 0.2) is 47.8 Å². The molecule has 0 unspecified atom stereocenters. The van der Waals surface area contributed by atoms with Crippen molar-refractivity contribution in [2.24, 2.45) is 28.6 Å². The molecule has 1 N–H and O–H groups in total. The third kappa shape index (κ3) is 8.34. The van der Waals surface area contributed by atoms with Gasteiger partial charge in [0.25, 0.3) is 5.56 Å². The lowest BCUT2D eigenvalue weighted by Crippen LogP contribution is -2.48. The van der Waals surface area contributed by atoms with Gasteiger partial charge in [-0.25, -0.2) is 8.42 Å². The Bertz CT molecular complexity index is 2050. The van der Waals surface area contributed by atoms with Gasteiger partial charge in [0.2, 0.25) is 21.8 Å². The SMILES string of the molecule is C=C[C@@H]1C[C@]1(CC(=O)[C@@H]1C[C@@H]2CN1C(=O)[C@H](C(C)(C)C)CC(=O)O[C@H]1CCC[C@@H]1CCCCCCn1c(cc3ccccc3c1=O)O2)C(=O)NS(=O)(=O)C1CC1. The minimum atomic E-state index is -3.86. The number of esters is 1. The molecule has 7 rings (SSSR count). The Balaban J connectivity index is 1.23. The number of pyridine rings is 1. The maximum Gasteiger partial charge on any atom is 0.306 e. The molecule has 3 heterocycles. The van der Waals surface area contributed by atoms with Gasteiger partial charge < -0.3 is 14.4 Å². The molecule has 0 spiro atoms. The zero-order valence-corrected chi connectivity index (χ0v) is 33.8. The van der Waals surface area contributed by atoms with Crippen LogP contribution < -0.4 is 15.0 Å². The molecular weight excluding hydrogens is 735 g/mol. The number of ketones is 1. The lowest BCUT2D eigenvalue weighted by molar-refractivity contribution is -0.158. The summed E-state index contributed by atoms with van der Waals surface area (Å²) in [6, 6.07) is 8.17. The predicted molar refractivity (Wildman–Crippen MR) is 211 cm³/mol. The van der Waals surface area contributed by atoms with E-state index in [-0.39, 0.29) is 55.7 Å². The zero-order valence-electron chi connectivity index (χ0n) is 33.0. The quantitative estimate of drug-likeness (QED) is 0.269. The summed E-state index contributed by atoms with van der Waals surface area (Å²) in [5.41, 5.74) is -2.15. The Kier molecular flexibility index (Phi) is 11.3. The highest BCUT2D eigenvalue weighted by Gasteiger charge is 2.61. The molecular formula is C43H57N3O9S. The van der Waals surface area contributed by atoms with Crippen molar-refractivity contribution in [3.05, 3.63) is 53.3 Å². The molecule has 1 aromatic heterocycles. The molecule has 4 fully saturated rings. The second-order valence-corrected chi connectivity index (χ2v) is 20.0. The standard InChI is InChI=1S/C43H57N3O9S/c1-5-29-24-43(29,41(51)44-56(52,53)31-18-19-31)25-35(47)34-22-30-26-46(34)40(50)33(42(2,3)4)23-38(48)55-36-17-12-15-27(36)13-8-6-7-11-20-45-37(54-30)21-28-14-9-10-16-32(28)39(45)49/h5,9-10,14,16,21,27,29-31,33-34,36H,1,6-8,11-13,15,17-20,22-26H2,2-4H3,(H,44,51)/t27-,29+,30+,33+,34-,36-,43+/m0/s1. The minimum absolute atomic E-state index is 0.0166. The van der Waals surface area contributed by atoms with E-state index in [1.54, 1.807) is 16.7 Å². The molecule has 3 saturated carbocycles. The van der Waals surface area contributed by atoms with Gasteiger partial charge in [-0.2, -0.15) is 0 Å². The minimum Gasteiger partial charge on any atom is -0.473 e. The van der Waals surface area contributed by atoms with Crippen LogP contribution in [0.25, 0.3) is 10.8 Å². The van der Waals surface area contributed by atoms with Crippen molar-refractivity contribution >= 4 is 44.4 Å². The molecule has 2 aromatic rings. The van der Waals surface area contributed by atoms with Crippen molar-refractivity contribution in [2.75, 3.05) is 6.54 Å². The Morgan fingerprint density at radius 3 is 2.43 bits per heavy atom. The number of sulfonamides is 1. The summed E-state index contributed by atoms with van der Waals surface area (Å²) in [6.07, 6.45) is 8.93. The average Bonchev–Trinajstić information content (AvgIpc) is 4.04. The fraction of sp³-hybridized carbons (Fsp3) is 0.651. The van der Waals surface area contributed by atoms with Gasteiger partial charge >= 0.3 is 5.97 Å². The van der Waals surface area contributed by atoms with Crippen LogP contribution in [0.5, 0.6) is 5.88 Å². The molecule has 1 saturated heterocycles. The van der Waals surface area contributed by atoms with Gasteiger partial charge in [-0.15, -0.1) is 6.58 Å². The van der Waals surface area contributed by atoms with E-state index in [1.165, 1.54) is 4.90 Å². The Morgan fingerprint density at radius 1 is 0.982 bits per heavy atom. The molecule has 2 aliphatic heterocycles.